The van der Waals surface area contributed by atoms with Crippen LogP contribution >= 0.6 is 0 Å². The molecule has 0 heterocycles. The van der Waals surface area contributed by atoms with Gasteiger partial charge in [-0.2, -0.15) is 0 Å². The zero-order chi connectivity index (χ0) is 15.3. The lowest BCUT2D eigenvalue weighted by molar-refractivity contribution is 0.352. The minimum absolute atomic E-state index is 0.0381. The van der Waals surface area contributed by atoms with Gasteiger partial charge in [-0.15, -0.1) is 0 Å². The quantitative estimate of drug-likeness (QED) is 0.711. The second kappa shape index (κ2) is 6.64. The predicted octanol–water partition coefficient (Wildman–Crippen LogP) is 3.60. The molecule has 2 aromatic carbocycles. The van der Waals surface area contributed by atoms with Gasteiger partial charge in [-0.3, -0.25) is 0 Å². The van der Waals surface area contributed by atoms with E-state index in [1.54, 1.807) is 6.07 Å². The molecular weight excluding hydrogens is 262 g/mol. The van der Waals surface area contributed by atoms with Crippen LogP contribution in [0.3, 0.4) is 0 Å². The Labute approximate surface area is 126 Å². The predicted molar refractivity (Wildman–Crippen MR) is 85.5 cm³/mol. The minimum Gasteiger partial charge on any atom is -0.504 e. The lowest BCUT2D eigenvalue weighted by atomic mass is 9.95. The van der Waals surface area contributed by atoms with E-state index in [-0.39, 0.29) is 17.0 Å². The molecule has 0 atom stereocenters. The molecule has 3 nitrogen and oxygen atoms in total. The summed E-state index contributed by atoms with van der Waals surface area (Å²) in [5.41, 5.74) is 1.99. The lowest BCUT2D eigenvalue weighted by Crippen LogP contribution is -2.39. The number of phenolic OH excluding ortho intramolecular Hbond substituents is 2. The highest BCUT2D eigenvalue weighted by Crippen LogP contribution is 2.28. The van der Waals surface area contributed by atoms with E-state index in [0.717, 1.165) is 12.8 Å². The topological polar surface area (TPSA) is 52.5 Å². The molecule has 0 spiro atoms. The number of aryl methyl sites for hydroxylation is 1. The van der Waals surface area contributed by atoms with Crippen molar-refractivity contribution < 1.29 is 10.2 Å². The van der Waals surface area contributed by atoms with Crippen LogP contribution in [0.4, 0.5) is 0 Å². The Morgan fingerprint density at radius 1 is 0.952 bits per heavy atom. The maximum atomic E-state index is 9.81. The maximum absolute atomic E-state index is 9.81. The molecule has 0 amide bonds. The summed E-state index contributed by atoms with van der Waals surface area (Å²) in [6.07, 6.45) is 2.00. The molecule has 0 fully saturated rings. The fourth-order valence-corrected chi connectivity index (χ4v) is 2.24. The highest BCUT2D eigenvalue weighted by Gasteiger charge is 2.17. The molecule has 2 aromatic rings. The van der Waals surface area contributed by atoms with E-state index in [4.69, 9.17) is 0 Å². The zero-order valence-electron chi connectivity index (χ0n) is 12.6. The van der Waals surface area contributed by atoms with Crippen molar-refractivity contribution in [2.75, 3.05) is 0 Å². The molecule has 2 rings (SSSR count). The van der Waals surface area contributed by atoms with Crippen LogP contribution in [0, 0.1) is 0 Å². The van der Waals surface area contributed by atoms with Crippen LogP contribution in [0.15, 0.2) is 48.5 Å². The molecule has 0 unspecified atom stereocenters. The largest absolute Gasteiger partial charge is 0.504 e. The molecule has 3 N–H and O–H groups in total. The van der Waals surface area contributed by atoms with Crippen molar-refractivity contribution in [2.45, 2.75) is 38.8 Å². The van der Waals surface area contributed by atoms with Gasteiger partial charge in [0, 0.05) is 17.6 Å². The molecule has 0 aliphatic carbocycles. The molecule has 0 radical (unpaired) electrons. The van der Waals surface area contributed by atoms with Crippen molar-refractivity contribution in [2.24, 2.45) is 0 Å². The third kappa shape index (κ3) is 4.50. The first-order valence-electron chi connectivity index (χ1n) is 7.27. The number of rotatable bonds is 6. The van der Waals surface area contributed by atoms with Gasteiger partial charge >= 0.3 is 0 Å². The average Bonchev–Trinajstić information content (AvgIpc) is 2.48. The van der Waals surface area contributed by atoms with E-state index in [1.165, 1.54) is 11.6 Å². The second-order valence-electron chi connectivity index (χ2n) is 6.01. The van der Waals surface area contributed by atoms with Crippen molar-refractivity contribution in [1.29, 1.82) is 0 Å². The fourth-order valence-electron chi connectivity index (χ4n) is 2.24. The monoisotopic (exact) mass is 285 g/mol. The summed E-state index contributed by atoms with van der Waals surface area (Å²) in [6.45, 7) is 4.83. The van der Waals surface area contributed by atoms with Gasteiger partial charge in [-0.25, -0.2) is 0 Å². The van der Waals surface area contributed by atoms with E-state index in [2.05, 4.69) is 43.4 Å². The minimum atomic E-state index is -0.0728. The molecule has 0 saturated carbocycles. The van der Waals surface area contributed by atoms with Crippen LogP contribution in [0.2, 0.25) is 0 Å². The van der Waals surface area contributed by atoms with Crippen LogP contribution in [-0.2, 0) is 13.0 Å². The van der Waals surface area contributed by atoms with Gasteiger partial charge in [0.05, 0.1) is 0 Å². The van der Waals surface area contributed by atoms with Crippen molar-refractivity contribution in [3.05, 3.63) is 59.7 Å². The summed E-state index contributed by atoms with van der Waals surface area (Å²) in [4.78, 5) is 0. The maximum Gasteiger partial charge on any atom is 0.161 e. The van der Waals surface area contributed by atoms with Crippen molar-refractivity contribution in [1.82, 2.24) is 5.32 Å². The van der Waals surface area contributed by atoms with E-state index < -0.39 is 0 Å². The molecule has 0 aliphatic rings. The van der Waals surface area contributed by atoms with Gasteiger partial charge in [-0.1, -0.05) is 42.5 Å². The molecular formula is C18H23NO2. The number of phenols is 2. The highest BCUT2D eigenvalue weighted by atomic mass is 16.3. The van der Waals surface area contributed by atoms with Crippen LogP contribution in [-0.4, -0.2) is 15.8 Å². The number of hydrogen-bond donors (Lipinski definition) is 3. The second-order valence-corrected chi connectivity index (χ2v) is 6.01. The van der Waals surface area contributed by atoms with Gasteiger partial charge in [0.2, 0.25) is 0 Å². The molecule has 21 heavy (non-hydrogen) atoms. The van der Waals surface area contributed by atoms with Crippen LogP contribution < -0.4 is 5.32 Å². The number of para-hydroxylation sites is 1. The Bertz CT molecular complexity index is 579. The SMILES string of the molecule is CC(C)(CCc1ccccc1)NCc1cccc(O)c1O. The van der Waals surface area contributed by atoms with Crippen LogP contribution in [0.25, 0.3) is 0 Å². The number of benzene rings is 2. The summed E-state index contributed by atoms with van der Waals surface area (Å²) in [5.74, 6) is -0.111. The third-order valence-electron chi connectivity index (χ3n) is 3.74. The first-order chi connectivity index (χ1) is 9.98. The van der Waals surface area contributed by atoms with E-state index in [0.29, 0.717) is 12.1 Å². The number of hydrogen-bond acceptors (Lipinski definition) is 3. The molecule has 0 saturated heterocycles. The van der Waals surface area contributed by atoms with E-state index >= 15 is 0 Å². The molecule has 0 aliphatic heterocycles. The molecule has 112 valence electrons. The Morgan fingerprint density at radius 2 is 1.67 bits per heavy atom. The number of nitrogens with one attached hydrogen (secondary N) is 1. The van der Waals surface area contributed by atoms with Crippen LogP contribution in [0.5, 0.6) is 11.5 Å². The lowest BCUT2D eigenvalue weighted by Gasteiger charge is -2.27. The average molecular weight is 285 g/mol. The van der Waals surface area contributed by atoms with Crippen molar-refractivity contribution in [3.63, 3.8) is 0 Å². The molecule has 3 heteroatoms. The summed E-state index contributed by atoms with van der Waals surface area (Å²) in [7, 11) is 0. The van der Waals surface area contributed by atoms with Gasteiger partial charge in [-0.05, 0) is 38.3 Å². The third-order valence-corrected chi connectivity index (χ3v) is 3.74. The normalized spacial score (nSPS) is 11.5. The summed E-state index contributed by atoms with van der Waals surface area (Å²) < 4.78 is 0. The molecule has 0 aromatic heterocycles. The summed E-state index contributed by atoms with van der Waals surface area (Å²) in [6, 6.07) is 15.4. The van der Waals surface area contributed by atoms with Crippen molar-refractivity contribution in [3.8, 4) is 11.5 Å². The number of aromatic hydroxyl groups is 2. The fraction of sp³-hybridized carbons (Fsp3) is 0.333. The summed E-state index contributed by atoms with van der Waals surface area (Å²) in [5, 5.41) is 22.8. The first-order valence-corrected chi connectivity index (χ1v) is 7.27. The Kier molecular flexibility index (Phi) is 4.86. The highest BCUT2D eigenvalue weighted by molar-refractivity contribution is 5.44. The zero-order valence-corrected chi connectivity index (χ0v) is 12.6. The van der Waals surface area contributed by atoms with Gasteiger partial charge < -0.3 is 15.5 Å². The van der Waals surface area contributed by atoms with Gasteiger partial charge in [0.1, 0.15) is 0 Å². The Morgan fingerprint density at radius 3 is 2.38 bits per heavy atom. The van der Waals surface area contributed by atoms with Crippen LogP contribution in [0.1, 0.15) is 31.4 Å². The standard InChI is InChI=1S/C18H23NO2/c1-18(2,12-11-14-7-4-3-5-8-14)19-13-15-9-6-10-16(20)17(15)21/h3-10,19-21H,11-13H2,1-2H3. The van der Waals surface area contributed by atoms with Crippen molar-refractivity contribution >= 4 is 0 Å². The first kappa shape index (κ1) is 15.4. The van der Waals surface area contributed by atoms with E-state index in [9.17, 15) is 10.2 Å². The smallest absolute Gasteiger partial charge is 0.161 e. The van der Waals surface area contributed by atoms with Gasteiger partial charge in [0.15, 0.2) is 11.5 Å². The van der Waals surface area contributed by atoms with Gasteiger partial charge in [0.25, 0.3) is 0 Å². The Hall–Kier alpha value is -2.00. The van der Waals surface area contributed by atoms with E-state index in [1.807, 2.05) is 12.1 Å². The Balaban J connectivity index is 1.90. The molecule has 0 bridgehead atoms. The summed E-state index contributed by atoms with van der Waals surface area (Å²) >= 11 is 0.